The molecule has 0 saturated carbocycles. The van der Waals surface area contributed by atoms with Crippen LogP contribution in [0.1, 0.15) is 23.8 Å². The van der Waals surface area contributed by atoms with E-state index >= 15 is 0 Å². The molecule has 3 nitrogen and oxygen atoms in total. The average molecular weight is 371 g/mol. The van der Waals surface area contributed by atoms with Gasteiger partial charge in [-0.1, -0.05) is 54.4 Å². The van der Waals surface area contributed by atoms with E-state index in [1.807, 2.05) is 26.0 Å². The molecule has 2 aromatic carbocycles. The lowest BCUT2D eigenvalue weighted by molar-refractivity contribution is -0.117. The molecule has 0 N–H and O–H groups in total. The van der Waals surface area contributed by atoms with Gasteiger partial charge in [0.05, 0.1) is 11.4 Å². The Morgan fingerprint density at radius 2 is 1.88 bits per heavy atom. The van der Waals surface area contributed by atoms with Gasteiger partial charge in [-0.2, -0.15) is 0 Å². The Labute approximate surface area is 156 Å². The summed E-state index contributed by atoms with van der Waals surface area (Å²) in [5, 5.41) is 1.26. The molecule has 0 spiro atoms. The van der Waals surface area contributed by atoms with Crippen molar-refractivity contribution in [2.75, 3.05) is 4.90 Å². The van der Waals surface area contributed by atoms with E-state index < -0.39 is 0 Å². The number of hydrogen-bond acceptors (Lipinski definition) is 3. The van der Waals surface area contributed by atoms with Gasteiger partial charge in [0.25, 0.3) is 0 Å². The standard InChI is InChI=1S/C20H19ClN2OS/c1-4-18(24)23(17-7-5-6-16(21)12-17)20-22-19(14(3)25-20)15-10-8-13(2)9-11-15/h5-12H,4H2,1-3H3. The number of nitrogens with zero attached hydrogens (tertiary/aromatic N) is 2. The summed E-state index contributed by atoms with van der Waals surface area (Å²) in [6.45, 7) is 5.94. The number of hydrogen-bond donors (Lipinski definition) is 0. The first kappa shape index (κ1) is 17.6. The zero-order chi connectivity index (χ0) is 18.0. The van der Waals surface area contributed by atoms with Gasteiger partial charge in [-0.25, -0.2) is 4.98 Å². The highest BCUT2D eigenvalue weighted by Crippen LogP contribution is 2.36. The van der Waals surface area contributed by atoms with Gasteiger partial charge in [-0.15, -0.1) is 11.3 Å². The molecule has 0 fully saturated rings. The van der Waals surface area contributed by atoms with Gasteiger partial charge >= 0.3 is 0 Å². The first-order valence-corrected chi connectivity index (χ1v) is 9.32. The van der Waals surface area contributed by atoms with Crippen LogP contribution in [-0.2, 0) is 4.79 Å². The minimum atomic E-state index is -0.00790. The number of aromatic nitrogens is 1. The summed E-state index contributed by atoms with van der Waals surface area (Å²) >= 11 is 7.63. The number of carbonyl (C=O) groups is 1. The number of rotatable bonds is 4. The van der Waals surface area contributed by atoms with Crippen LogP contribution in [-0.4, -0.2) is 10.9 Å². The number of thiazole rings is 1. The van der Waals surface area contributed by atoms with Crippen LogP contribution in [0.15, 0.2) is 48.5 Å². The van der Waals surface area contributed by atoms with Crippen molar-refractivity contribution in [1.82, 2.24) is 4.98 Å². The fourth-order valence-electron chi connectivity index (χ4n) is 2.59. The monoisotopic (exact) mass is 370 g/mol. The van der Waals surface area contributed by atoms with Gasteiger partial charge in [0.2, 0.25) is 5.91 Å². The average Bonchev–Trinajstić information content (AvgIpc) is 2.97. The van der Waals surface area contributed by atoms with Crippen LogP contribution >= 0.6 is 22.9 Å². The number of carbonyl (C=O) groups excluding carboxylic acids is 1. The van der Waals surface area contributed by atoms with E-state index in [0.29, 0.717) is 16.6 Å². The molecule has 128 valence electrons. The van der Waals surface area contributed by atoms with Crippen molar-refractivity contribution in [3.63, 3.8) is 0 Å². The van der Waals surface area contributed by atoms with E-state index in [2.05, 4.69) is 31.2 Å². The van der Waals surface area contributed by atoms with Gasteiger partial charge in [0, 0.05) is 21.9 Å². The number of benzene rings is 2. The third kappa shape index (κ3) is 3.75. The van der Waals surface area contributed by atoms with Crippen molar-refractivity contribution in [2.24, 2.45) is 0 Å². The maximum absolute atomic E-state index is 12.6. The smallest absolute Gasteiger partial charge is 0.233 e. The molecule has 0 radical (unpaired) electrons. The Bertz CT molecular complexity index is 902. The van der Waals surface area contributed by atoms with Gasteiger partial charge in [0.1, 0.15) is 0 Å². The molecule has 0 bridgehead atoms. The summed E-state index contributed by atoms with van der Waals surface area (Å²) in [6.07, 6.45) is 0.394. The van der Waals surface area contributed by atoms with Crippen LogP contribution in [0.4, 0.5) is 10.8 Å². The molecule has 0 atom stereocenters. The lowest BCUT2D eigenvalue weighted by Crippen LogP contribution is -2.24. The summed E-state index contributed by atoms with van der Waals surface area (Å²) in [5.74, 6) is -0.00790. The van der Waals surface area contributed by atoms with Gasteiger partial charge in [0.15, 0.2) is 5.13 Å². The van der Waals surface area contributed by atoms with Crippen molar-refractivity contribution in [3.05, 3.63) is 64.0 Å². The van der Waals surface area contributed by atoms with Crippen molar-refractivity contribution >= 4 is 39.7 Å². The lowest BCUT2D eigenvalue weighted by Gasteiger charge is -2.19. The van der Waals surface area contributed by atoms with Crippen LogP contribution in [0.5, 0.6) is 0 Å². The number of amides is 1. The largest absolute Gasteiger partial charge is 0.274 e. The molecular weight excluding hydrogens is 352 g/mol. The Hall–Kier alpha value is -2.17. The molecule has 1 heterocycles. The fraction of sp³-hybridized carbons (Fsp3) is 0.200. The second-order valence-electron chi connectivity index (χ2n) is 5.83. The van der Waals surface area contributed by atoms with Crippen LogP contribution in [0, 0.1) is 13.8 Å². The van der Waals surface area contributed by atoms with Gasteiger partial charge in [-0.3, -0.25) is 9.69 Å². The molecule has 1 amide bonds. The molecule has 3 rings (SSSR count). The van der Waals surface area contributed by atoms with Crippen molar-refractivity contribution in [2.45, 2.75) is 27.2 Å². The fourth-order valence-corrected chi connectivity index (χ4v) is 3.75. The summed E-state index contributed by atoms with van der Waals surface area (Å²) in [7, 11) is 0. The molecule has 0 aliphatic rings. The number of halogens is 1. The van der Waals surface area contributed by atoms with E-state index in [4.69, 9.17) is 16.6 Å². The van der Waals surface area contributed by atoms with E-state index in [1.165, 1.54) is 16.9 Å². The van der Waals surface area contributed by atoms with Crippen LogP contribution in [0.3, 0.4) is 0 Å². The first-order valence-electron chi connectivity index (χ1n) is 8.12. The minimum Gasteiger partial charge on any atom is -0.274 e. The van der Waals surface area contributed by atoms with E-state index in [-0.39, 0.29) is 5.91 Å². The maximum Gasteiger partial charge on any atom is 0.233 e. The van der Waals surface area contributed by atoms with Crippen molar-refractivity contribution in [3.8, 4) is 11.3 Å². The number of aryl methyl sites for hydroxylation is 2. The Kier molecular flexibility index (Phi) is 5.21. The zero-order valence-electron chi connectivity index (χ0n) is 14.4. The Balaban J connectivity index is 2.07. The lowest BCUT2D eigenvalue weighted by atomic mass is 10.1. The molecule has 0 saturated heterocycles. The highest BCUT2D eigenvalue weighted by Gasteiger charge is 2.22. The van der Waals surface area contributed by atoms with E-state index in [9.17, 15) is 4.79 Å². The molecule has 3 aromatic rings. The maximum atomic E-state index is 12.6. The highest BCUT2D eigenvalue weighted by molar-refractivity contribution is 7.16. The summed E-state index contributed by atoms with van der Waals surface area (Å²) in [5.41, 5.74) is 3.92. The third-order valence-electron chi connectivity index (χ3n) is 3.92. The normalized spacial score (nSPS) is 10.7. The van der Waals surface area contributed by atoms with Crippen LogP contribution < -0.4 is 4.90 Å². The molecule has 0 unspecified atom stereocenters. The van der Waals surface area contributed by atoms with Crippen LogP contribution in [0.25, 0.3) is 11.3 Å². The SMILES string of the molecule is CCC(=O)N(c1cccc(Cl)c1)c1nc(-c2ccc(C)cc2)c(C)s1. The van der Waals surface area contributed by atoms with Crippen molar-refractivity contribution in [1.29, 1.82) is 0 Å². The topological polar surface area (TPSA) is 33.2 Å². The van der Waals surface area contributed by atoms with Gasteiger partial charge in [-0.05, 0) is 32.0 Å². The summed E-state index contributed by atoms with van der Waals surface area (Å²) in [6, 6.07) is 15.6. The first-order chi connectivity index (χ1) is 12.0. The van der Waals surface area contributed by atoms with Gasteiger partial charge < -0.3 is 0 Å². The zero-order valence-corrected chi connectivity index (χ0v) is 16.0. The minimum absolute atomic E-state index is 0.00790. The predicted molar refractivity (Wildman–Crippen MR) is 106 cm³/mol. The second-order valence-corrected chi connectivity index (χ2v) is 7.45. The molecule has 0 aliphatic heterocycles. The quantitative estimate of drug-likeness (QED) is 0.551. The van der Waals surface area contributed by atoms with E-state index in [1.54, 1.807) is 17.0 Å². The molecule has 5 heteroatoms. The van der Waals surface area contributed by atoms with Crippen molar-refractivity contribution < 1.29 is 4.79 Å². The Morgan fingerprint density at radius 1 is 1.16 bits per heavy atom. The molecular formula is C20H19ClN2OS. The number of anilines is 2. The van der Waals surface area contributed by atoms with Crippen LogP contribution in [0.2, 0.25) is 5.02 Å². The summed E-state index contributed by atoms with van der Waals surface area (Å²) < 4.78 is 0. The molecule has 25 heavy (non-hydrogen) atoms. The third-order valence-corrected chi connectivity index (χ3v) is 5.11. The molecule has 0 aliphatic carbocycles. The predicted octanol–water partition coefficient (Wildman–Crippen LogP) is 6.16. The second kappa shape index (κ2) is 7.38. The van der Waals surface area contributed by atoms with E-state index in [0.717, 1.165) is 21.8 Å². The summed E-state index contributed by atoms with van der Waals surface area (Å²) in [4.78, 5) is 20.1. The Morgan fingerprint density at radius 3 is 2.52 bits per heavy atom. The molecule has 1 aromatic heterocycles. The highest BCUT2D eigenvalue weighted by atomic mass is 35.5.